The Balaban J connectivity index is 1.70. The SMILES string of the molecule is Cc1ccc(C(=O)CCC(=O)OCC(=O)N[C@@](C)(C#N)C2CC2)s1. The van der Waals surface area contributed by atoms with E-state index in [0.717, 1.165) is 17.7 Å². The van der Waals surface area contributed by atoms with Crippen LogP contribution in [-0.2, 0) is 14.3 Å². The average Bonchev–Trinajstić information content (AvgIpc) is 3.33. The molecule has 1 heterocycles. The van der Waals surface area contributed by atoms with Gasteiger partial charge in [-0.05, 0) is 44.7 Å². The number of Topliss-reactive ketones (excluding diaryl/α,β-unsaturated/α-hetero) is 1. The first kappa shape index (κ1) is 18.1. The molecule has 0 bridgehead atoms. The molecular weight excluding hydrogens is 328 g/mol. The predicted molar refractivity (Wildman–Crippen MR) is 88.5 cm³/mol. The molecule has 24 heavy (non-hydrogen) atoms. The summed E-state index contributed by atoms with van der Waals surface area (Å²) < 4.78 is 4.88. The number of nitrogens with zero attached hydrogens (tertiary/aromatic N) is 1. The molecular formula is C17H20N2O4S. The maximum atomic E-state index is 11.9. The Bertz CT molecular complexity index is 687. The molecule has 0 unspecified atom stereocenters. The van der Waals surface area contributed by atoms with Crippen molar-refractivity contribution in [2.24, 2.45) is 5.92 Å². The van der Waals surface area contributed by atoms with Crippen LogP contribution < -0.4 is 5.32 Å². The van der Waals surface area contributed by atoms with Crippen molar-refractivity contribution in [3.05, 3.63) is 21.9 Å². The lowest BCUT2D eigenvalue weighted by molar-refractivity contribution is -0.148. The molecule has 1 amide bonds. The zero-order valence-corrected chi connectivity index (χ0v) is 14.6. The number of hydrogen-bond donors (Lipinski definition) is 1. The second-order valence-electron chi connectivity index (χ2n) is 6.13. The molecule has 128 valence electrons. The summed E-state index contributed by atoms with van der Waals surface area (Å²) in [5.41, 5.74) is -0.906. The predicted octanol–water partition coefficient (Wildman–Crippen LogP) is 2.37. The number of esters is 1. The van der Waals surface area contributed by atoms with Crippen molar-refractivity contribution in [2.75, 3.05) is 6.61 Å². The summed E-state index contributed by atoms with van der Waals surface area (Å²) in [5.74, 6) is -1.05. The van der Waals surface area contributed by atoms with Crippen LogP contribution in [0.1, 0.15) is 47.2 Å². The van der Waals surface area contributed by atoms with Gasteiger partial charge in [0.25, 0.3) is 5.91 Å². The van der Waals surface area contributed by atoms with E-state index in [9.17, 15) is 14.4 Å². The van der Waals surface area contributed by atoms with Crippen molar-refractivity contribution in [2.45, 2.75) is 45.1 Å². The van der Waals surface area contributed by atoms with Gasteiger partial charge in [-0.3, -0.25) is 14.4 Å². The molecule has 1 aromatic rings. The van der Waals surface area contributed by atoms with Crippen LogP contribution in [0.2, 0.25) is 0 Å². The number of amides is 1. The van der Waals surface area contributed by atoms with Crippen LogP contribution in [0.25, 0.3) is 0 Å². The van der Waals surface area contributed by atoms with E-state index < -0.39 is 24.0 Å². The molecule has 1 aromatic heterocycles. The minimum Gasteiger partial charge on any atom is -0.456 e. The van der Waals surface area contributed by atoms with Gasteiger partial charge in [0.1, 0.15) is 5.54 Å². The highest BCUT2D eigenvalue weighted by molar-refractivity contribution is 7.14. The van der Waals surface area contributed by atoms with E-state index in [2.05, 4.69) is 11.4 Å². The maximum absolute atomic E-state index is 11.9. The van der Waals surface area contributed by atoms with E-state index in [1.807, 2.05) is 13.0 Å². The third kappa shape index (κ3) is 4.90. The summed E-state index contributed by atoms with van der Waals surface area (Å²) in [6.07, 6.45) is 1.81. The van der Waals surface area contributed by atoms with E-state index in [1.54, 1.807) is 13.0 Å². The van der Waals surface area contributed by atoms with Crippen LogP contribution in [-0.4, -0.2) is 29.8 Å². The second-order valence-corrected chi connectivity index (χ2v) is 7.42. The molecule has 1 aliphatic rings. The van der Waals surface area contributed by atoms with E-state index >= 15 is 0 Å². The van der Waals surface area contributed by atoms with Crippen molar-refractivity contribution in [1.82, 2.24) is 5.32 Å². The average molecular weight is 348 g/mol. The Hall–Kier alpha value is -2.20. The van der Waals surface area contributed by atoms with E-state index in [4.69, 9.17) is 10.00 Å². The summed E-state index contributed by atoms with van der Waals surface area (Å²) in [6, 6.07) is 5.69. The fraction of sp³-hybridized carbons (Fsp3) is 0.529. The minimum absolute atomic E-state index is 0.0540. The number of thiophene rings is 1. The molecule has 1 N–H and O–H groups in total. The van der Waals surface area contributed by atoms with Crippen LogP contribution in [0.4, 0.5) is 0 Å². The number of ether oxygens (including phenoxy) is 1. The maximum Gasteiger partial charge on any atom is 0.306 e. The number of hydrogen-bond acceptors (Lipinski definition) is 6. The van der Waals surface area contributed by atoms with Crippen molar-refractivity contribution < 1.29 is 19.1 Å². The Kier molecular flexibility index (Phi) is 5.73. The van der Waals surface area contributed by atoms with Gasteiger partial charge < -0.3 is 10.1 Å². The highest BCUT2D eigenvalue weighted by Crippen LogP contribution is 2.39. The van der Waals surface area contributed by atoms with Crippen molar-refractivity contribution in [3.8, 4) is 6.07 Å². The van der Waals surface area contributed by atoms with Crippen molar-refractivity contribution in [1.29, 1.82) is 5.26 Å². The highest BCUT2D eigenvalue weighted by atomic mass is 32.1. The van der Waals surface area contributed by atoms with Gasteiger partial charge >= 0.3 is 5.97 Å². The topological polar surface area (TPSA) is 96.3 Å². The monoisotopic (exact) mass is 348 g/mol. The Labute approximate surface area is 144 Å². The van der Waals surface area contributed by atoms with Gasteiger partial charge in [0, 0.05) is 11.3 Å². The zero-order chi connectivity index (χ0) is 17.7. The number of rotatable bonds is 8. The lowest BCUT2D eigenvalue weighted by Gasteiger charge is -2.22. The summed E-state index contributed by atoms with van der Waals surface area (Å²) in [7, 11) is 0. The van der Waals surface area contributed by atoms with Gasteiger partial charge in [-0.1, -0.05) is 0 Å². The first-order chi connectivity index (χ1) is 11.3. The van der Waals surface area contributed by atoms with Crippen LogP contribution in [0, 0.1) is 24.2 Å². The lowest BCUT2D eigenvalue weighted by atomic mass is 9.98. The van der Waals surface area contributed by atoms with Gasteiger partial charge in [-0.2, -0.15) is 5.26 Å². The molecule has 1 fully saturated rings. The summed E-state index contributed by atoms with van der Waals surface area (Å²) in [5, 5.41) is 11.8. The second kappa shape index (κ2) is 7.58. The van der Waals surface area contributed by atoms with Crippen LogP contribution in [0.3, 0.4) is 0 Å². The fourth-order valence-electron chi connectivity index (χ4n) is 2.35. The van der Waals surface area contributed by atoms with E-state index in [1.165, 1.54) is 11.3 Å². The van der Waals surface area contributed by atoms with Crippen molar-refractivity contribution >= 4 is 29.0 Å². The molecule has 7 heteroatoms. The molecule has 0 aliphatic heterocycles. The van der Waals surface area contributed by atoms with Gasteiger partial charge in [0.05, 0.1) is 17.4 Å². The number of nitriles is 1. The molecule has 2 rings (SSSR count). The molecule has 6 nitrogen and oxygen atoms in total. The molecule has 0 spiro atoms. The third-order valence-electron chi connectivity index (χ3n) is 3.96. The zero-order valence-electron chi connectivity index (χ0n) is 13.8. The number of ketones is 1. The molecule has 1 aliphatic carbocycles. The minimum atomic E-state index is -0.906. The van der Waals surface area contributed by atoms with Crippen LogP contribution >= 0.6 is 11.3 Å². The Morgan fingerprint density at radius 1 is 1.38 bits per heavy atom. The number of carbonyl (C=O) groups excluding carboxylic acids is 3. The summed E-state index contributed by atoms with van der Waals surface area (Å²) >= 11 is 1.39. The lowest BCUT2D eigenvalue weighted by Crippen LogP contribution is -2.48. The number of aryl methyl sites for hydroxylation is 1. The van der Waals surface area contributed by atoms with Crippen molar-refractivity contribution in [3.63, 3.8) is 0 Å². The summed E-state index contributed by atoms with van der Waals surface area (Å²) in [4.78, 5) is 37.0. The standard InChI is InChI=1S/C17H20N2O4S/c1-11-3-7-14(24-11)13(20)6-8-16(22)23-9-15(21)19-17(2,10-18)12-4-5-12/h3,7,12H,4-6,8-9H2,1-2H3,(H,19,21)/t17-/m0/s1. The Morgan fingerprint density at radius 2 is 2.08 bits per heavy atom. The molecule has 0 radical (unpaired) electrons. The smallest absolute Gasteiger partial charge is 0.306 e. The van der Waals surface area contributed by atoms with Crippen LogP contribution in [0.15, 0.2) is 12.1 Å². The molecule has 1 atom stereocenters. The number of carbonyl (C=O) groups is 3. The van der Waals surface area contributed by atoms with Crippen LogP contribution in [0.5, 0.6) is 0 Å². The quantitative estimate of drug-likeness (QED) is 0.575. The normalized spacial score (nSPS) is 15.9. The fourth-order valence-corrected chi connectivity index (χ4v) is 3.18. The van der Waals surface area contributed by atoms with Gasteiger partial charge in [0.15, 0.2) is 12.4 Å². The van der Waals surface area contributed by atoms with Gasteiger partial charge in [-0.25, -0.2) is 0 Å². The Morgan fingerprint density at radius 3 is 2.62 bits per heavy atom. The largest absolute Gasteiger partial charge is 0.456 e. The first-order valence-electron chi connectivity index (χ1n) is 7.81. The molecule has 0 aromatic carbocycles. The first-order valence-corrected chi connectivity index (χ1v) is 8.63. The van der Waals surface area contributed by atoms with Gasteiger partial charge in [0.2, 0.25) is 0 Å². The van der Waals surface area contributed by atoms with E-state index in [-0.39, 0.29) is 24.5 Å². The van der Waals surface area contributed by atoms with Gasteiger partial charge in [-0.15, -0.1) is 11.3 Å². The molecule has 0 saturated heterocycles. The molecule has 1 saturated carbocycles. The highest BCUT2D eigenvalue weighted by Gasteiger charge is 2.43. The third-order valence-corrected chi connectivity index (χ3v) is 5.00. The van der Waals surface area contributed by atoms with E-state index in [0.29, 0.717) is 4.88 Å². The number of nitrogens with one attached hydrogen (secondary N) is 1. The summed E-state index contributed by atoms with van der Waals surface area (Å²) in [6.45, 7) is 3.14.